The van der Waals surface area contributed by atoms with E-state index in [0.717, 1.165) is 11.1 Å². The molecule has 0 spiro atoms. The lowest BCUT2D eigenvalue weighted by atomic mass is 9.94. The molecule has 2 atom stereocenters. The number of hydrogen-bond acceptors (Lipinski definition) is 4. The molecule has 0 aromatic heterocycles. The van der Waals surface area contributed by atoms with Crippen molar-refractivity contribution in [2.45, 2.75) is 31.3 Å². The standard InChI is InChI=1S/C19H25N3O3S/c1-3-22-26(24,25)17-11-9-15(10-12-17)13-21-19(23)14(2)18(20)16-7-5-4-6-8-16/h4-12,14,18,22H,3,13,20H2,1-2H3,(H,21,23). The van der Waals surface area contributed by atoms with Crippen LogP contribution in [-0.2, 0) is 21.4 Å². The number of rotatable bonds is 8. The highest BCUT2D eigenvalue weighted by atomic mass is 32.2. The van der Waals surface area contributed by atoms with Gasteiger partial charge in [0.2, 0.25) is 15.9 Å². The largest absolute Gasteiger partial charge is 0.352 e. The van der Waals surface area contributed by atoms with Crippen LogP contribution >= 0.6 is 0 Å². The van der Waals surface area contributed by atoms with Gasteiger partial charge in [-0.15, -0.1) is 0 Å². The average molecular weight is 375 g/mol. The minimum Gasteiger partial charge on any atom is -0.352 e. The lowest BCUT2D eigenvalue weighted by molar-refractivity contribution is -0.125. The number of carbonyl (C=O) groups is 1. The molecule has 6 nitrogen and oxygen atoms in total. The molecule has 0 fully saturated rings. The van der Waals surface area contributed by atoms with E-state index in [2.05, 4.69) is 10.0 Å². The van der Waals surface area contributed by atoms with Crippen LogP contribution in [0.1, 0.15) is 31.0 Å². The van der Waals surface area contributed by atoms with Gasteiger partial charge >= 0.3 is 0 Å². The van der Waals surface area contributed by atoms with Crippen molar-refractivity contribution in [1.82, 2.24) is 10.0 Å². The summed E-state index contributed by atoms with van der Waals surface area (Å²) in [5.74, 6) is -0.531. The first kappa shape index (κ1) is 20.1. The number of hydrogen-bond donors (Lipinski definition) is 3. The van der Waals surface area contributed by atoms with Crippen LogP contribution in [0.5, 0.6) is 0 Å². The molecule has 0 aliphatic rings. The molecule has 0 saturated heterocycles. The van der Waals surface area contributed by atoms with Crippen LogP contribution in [0.4, 0.5) is 0 Å². The Balaban J connectivity index is 1.95. The fourth-order valence-electron chi connectivity index (χ4n) is 2.54. The number of sulfonamides is 1. The molecule has 0 radical (unpaired) electrons. The van der Waals surface area contributed by atoms with Crippen LogP contribution in [0, 0.1) is 5.92 Å². The van der Waals surface area contributed by atoms with Crippen molar-refractivity contribution >= 4 is 15.9 Å². The first-order chi connectivity index (χ1) is 12.3. The third kappa shape index (κ3) is 5.14. The fraction of sp³-hybridized carbons (Fsp3) is 0.316. The molecule has 2 aromatic rings. The van der Waals surface area contributed by atoms with Crippen LogP contribution < -0.4 is 15.8 Å². The van der Waals surface area contributed by atoms with E-state index in [1.54, 1.807) is 26.0 Å². The van der Waals surface area contributed by atoms with Crippen molar-refractivity contribution in [3.8, 4) is 0 Å². The van der Waals surface area contributed by atoms with Gasteiger partial charge in [0.05, 0.1) is 10.8 Å². The maximum atomic E-state index is 12.3. The Hall–Kier alpha value is -2.22. The zero-order valence-corrected chi connectivity index (χ0v) is 15.8. The molecule has 0 bridgehead atoms. The molecule has 0 aliphatic heterocycles. The van der Waals surface area contributed by atoms with Gasteiger partial charge in [-0.1, -0.05) is 56.3 Å². The maximum absolute atomic E-state index is 12.3. The zero-order chi connectivity index (χ0) is 19.2. The SMILES string of the molecule is CCNS(=O)(=O)c1ccc(CNC(=O)C(C)C(N)c2ccccc2)cc1. The van der Waals surface area contributed by atoms with E-state index in [0.29, 0.717) is 13.1 Å². The topological polar surface area (TPSA) is 101 Å². The molecule has 26 heavy (non-hydrogen) atoms. The quantitative estimate of drug-likeness (QED) is 0.656. The minimum absolute atomic E-state index is 0.147. The summed E-state index contributed by atoms with van der Waals surface area (Å²) in [4.78, 5) is 12.5. The molecule has 2 aromatic carbocycles. The van der Waals surface area contributed by atoms with Crippen molar-refractivity contribution in [3.63, 3.8) is 0 Å². The van der Waals surface area contributed by atoms with Gasteiger partial charge in [-0.05, 0) is 23.3 Å². The summed E-state index contributed by atoms with van der Waals surface area (Å²) in [5, 5.41) is 2.85. The van der Waals surface area contributed by atoms with Crippen LogP contribution in [0.25, 0.3) is 0 Å². The van der Waals surface area contributed by atoms with Crippen molar-refractivity contribution in [2.24, 2.45) is 11.7 Å². The third-order valence-corrected chi connectivity index (χ3v) is 5.73. The van der Waals surface area contributed by atoms with E-state index in [1.165, 1.54) is 12.1 Å². The van der Waals surface area contributed by atoms with Crippen LogP contribution in [0.2, 0.25) is 0 Å². The lowest BCUT2D eigenvalue weighted by Crippen LogP contribution is -2.35. The molecule has 0 heterocycles. The first-order valence-electron chi connectivity index (χ1n) is 8.52. The molecular weight excluding hydrogens is 350 g/mol. The van der Waals surface area contributed by atoms with E-state index in [4.69, 9.17) is 5.73 Å². The van der Waals surface area contributed by atoms with Gasteiger partial charge in [0.15, 0.2) is 0 Å². The van der Waals surface area contributed by atoms with Crippen molar-refractivity contribution in [1.29, 1.82) is 0 Å². The number of nitrogens with one attached hydrogen (secondary N) is 2. The smallest absolute Gasteiger partial charge is 0.240 e. The second kappa shape index (κ2) is 8.93. The molecule has 0 saturated carbocycles. The highest BCUT2D eigenvalue weighted by molar-refractivity contribution is 7.89. The average Bonchev–Trinajstić information content (AvgIpc) is 2.66. The Bertz CT molecular complexity index is 821. The number of amides is 1. The Morgan fingerprint density at radius 3 is 2.27 bits per heavy atom. The maximum Gasteiger partial charge on any atom is 0.240 e. The molecule has 7 heteroatoms. The second-order valence-corrected chi connectivity index (χ2v) is 7.86. The van der Waals surface area contributed by atoms with Crippen LogP contribution in [0.3, 0.4) is 0 Å². The third-order valence-electron chi connectivity index (χ3n) is 4.17. The predicted molar refractivity (Wildman–Crippen MR) is 102 cm³/mol. The van der Waals surface area contributed by atoms with Gasteiger partial charge in [-0.3, -0.25) is 4.79 Å². The summed E-state index contributed by atoms with van der Waals surface area (Å²) < 4.78 is 26.3. The van der Waals surface area contributed by atoms with Crippen LogP contribution in [-0.4, -0.2) is 20.9 Å². The van der Waals surface area contributed by atoms with E-state index >= 15 is 0 Å². The molecule has 2 rings (SSSR count). The summed E-state index contributed by atoms with van der Waals surface area (Å²) in [6, 6.07) is 15.5. The van der Waals surface area contributed by atoms with Gasteiger partial charge in [0, 0.05) is 19.1 Å². The molecule has 2 unspecified atom stereocenters. The zero-order valence-electron chi connectivity index (χ0n) is 15.0. The molecular formula is C19H25N3O3S. The number of carbonyl (C=O) groups excluding carboxylic acids is 1. The monoisotopic (exact) mass is 375 g/mol. The predicted octanol–water partition coefficient (Wildman–Crippen LogP) is 1.94. The summed E-state index contributed by atoms with van der Waals surface area (Å²) >= 11 is 0. The Labute approximate surface area is 154 Å². The van der Waals surface area contributed by atoms with Gasteiger partial charge < -0.3 is 11.1 Å². The second-order valence-electron chi connectivity index (χ2n) is 6.09. The Kier molecular flexibility index (Phi) is 6.90. The van der Waals surface area contributed by atoms with Gasteiger partial charge in [0.1, 0.15) is 0 Å². The van der Waals surface area contributed by atoms with Gasteiger partial charge in [0.25, 0.3) is 0 Å². The van der Waals surface area contributed by atoms with Crippen molar-refractivity contribution in [3.05, 3.63) is 65.7 Å². The number of nitrogens with two attached hydrogens (primary N) is 1. The Morgan fingerprint density at radius 1 is 1.08 bits per heavy atom. The summed E-state index contributed by atoms with van der Waals surface area (Å²) in [6.45, 7) is 4.16. The molecule has 0 aliphatic carbocycles. The summed E-state index contributed by atoms with van der Waals surface area (Å²) in [6.07, 6.45) is 0. The van der Waals surface area contributed by atoms with E-state index < -0.39 is 10.0 Å². The first-order valence-corrected chi connectivity index (χ1v) is 10.0. The van der Waals surface area contributed by atoms with Crippen molar-refractivity contribution in [2.75, 3.05) is 6.54 Å². The molecule has 140 valence electrons. The van der Waals surface area contributed by atoms with E-state index in [9.17, 15) is 13.2 Å². The number of benzene rings is 2. The van der Waals surface area contributed by atoms with E-state index in [1.807, 2.05) is 30.3 Å². The minimum atomic E-state index is -3.47. The fourth-order valence-corrected chi connectivity index (χ4v) is 3.58. The normalized spacial score (nSPS) is 13.8. The molecule has 4 N–H and O–H groups in total. The molecule has 1 amide bonds. The van der Waals surface area contributed by atoms with Gasteiger partial charge in [-0.25, -0.2) is 13.1 Å². The van der Waals surface area contributed by atoms with Crippen molar-refractivity contribution < 1.29 is 13.2 Å². The highest BCUT2D eigenvalue weighted by Crippen LogP contribution is 2.19. The van der Waals surface area contributed by atoms with E-state index in [-0.39, 0.29) is 22.8 Å². The van der Waals surface area contributed by atoms with Crippen LogP contribution in [0.15, 0.2) is 59.5 Å². The Morgan fingerprint density at radius 2 is 1.69 bits per heavy atom. The lowest BCUT2D eigenvalue weighted by Gasteiger charge is -2.20. The van der Waals surface area contributed by atoms with Gasteiger partial charge in [-0.2, -0.15) is 0 Å². The summed E-state index contributed by atoms with van der Waals surface area (Å²) in [7, 11) is -3.47. The summed E-state index contributed by atoms with van der Waals surface area (Å²) in [5.41, 5.74) is 7.89. The highest BCUT2D eigenvalue weighted by Gasteiger charge is 2.21.